The van der Waals surface area contributed by atoms with Gasteiger partial charge in [0, 0.05) is 11.8 Å². The van der Waals surface area contributed by atoms with Crippen LogP contribution in [-0.4, -0.2) is 15.3 Å². The van der Waals surface area contributed by atoms with Gasteiger partial charge in [-0.15, -0.1) is 12.4 Å². The van der Waals surface area contributed by atoms with Gasteiger partial charge in [-0.05, 0) is 12.1 Å². The summed E-state index contributed by atoms with van der Waals surface area (Å²) in [5, 5.41) is 0. The Hall–Kier alpha value is -1.55. The summed E-state index contributed by atoms with van der Waals surface area (Å²) < 4.78 is 1.81. The highest BCUT2D eigenvalue weighted by Crippen LogP contribution is 2.05. The van der Waals surface area contributed by atoms with Crippen molar-refractivity contribution in [2.45, 2.75) is 0 Å². The molecule has 0 aromatic carbocycles. The number of nitrogens with two attached hydrogens (primary N) is 1. The van der Waals surface area contributed by atoms with Crippen molar-refractivity contribution in [2.24, 2.45) is 5.73 Å². The van der Waals surface area contributed by atoms with Gasteiger partial charge in [-0.1, -0.05) is 0 Å². The maximum absolute atomic E-state index is 10.8. The van der Waals surface area contributed by atoms with Crippen LogP contribution in [0, 0.1) is 0 Å². The summed E-state index contributed by atoms with van der Waals surface area (Å²) in [7, 11) is 0. The van der Waals surface area contributed by atoms with Crippen molar-refractivity contribution in [1.29, 1.82) is 0 Å². The van der Waals surface area contributed by atoms with E-state index >= 15 is 0 Å². The number of carbonyl (C=O) groups excluding carboxylic acids is 1. The molecule has 0 spiro atoms. The van der Waals surface area contributed by atoms with E-state index in [9.17, 15) is 4.79 Å². The smallest absolute Gasteiger partial charge is 0.248 e. The number of hydrogen-bond acceptors (Lipinski definition) is 2. The zero-order valence-corrected chi connectivity index (χ0v) is 7.49. The number of hydrogen-bond donors (Lipinski definition) is 1. The maximum atomic E-state index is 10.8. The van der Waals surface area contributed by atoms with Crippen LogP contribution in [-0.2, 0) is 0 Å². The van der Waals surface area contributed by atoms with Crippen molar-refractivity contribution in [1.82, 2.24) is 9.38 Å². The van der Waals surface area contributed by atoms with Gasteiger partial charge < -0.3 is 10.1 Å². The Morgan fingerprint density at radius 1 is 1.54 bits per heavy atom. The lowest BCUT2D eigenvalue weighted by molar-refractivity contribution is 0.100. The number of primary amides is 1. The van der Waals surface area contributed by atoms with E-state index in [0.717, 1.165) is 5.52 Å². The van der Waals surface area contributed by atoms with Gasteiger partial charge >= 0.3 is 0 Å². The van der Waals surface area contributed by atoms with Crippen LogP contribution < -0.4 is 5.73 Å². The minimum Gasteiger partial charge on any atom is -0.366 e. The van der Waals surface area contributed by atoms with E-state index in [4.69, 9.17) is 5.73 Å². The molecule has 2 aromatic heterocycles. The van der Waals surface area contributed by atoms with Gasteiger partial charge in [0.15, 0.2) is 0 Å². The highest BCUT2D eigenvalue weighted by molar-refractivity contribution is 5.93. The number of imidazole rings is 1. The quantitative estimate of drug-likeness (QED) is 0.737. The molecule has 0 bridgehead atoms. The first-order valence-electron chi connectivity index (χ1n) is 3.49. The summed E-state index contributed by atoms with van der Waals surface area (Å²) in [6, 6.07) is 3.37. The normalized spacial score (nSPS) is 9.54. The first-order valence-corrected chi connectivity index (χ1v) is 3.49. The second-order valence-corrected chi connectivity index (χ2v) is 2.51. The van der Waals surface area contributed by atoms with Crippen molar-refractivity contribution < 1.29 is 4.79 Å². The fraction of sp³-hybridized carbons (Fsp3) is 0. The van der Waals surface area contributed by atoms with Gasteiger partial charge in [0.1, 0.15) is 0 Å². The van der Waals surface area contributed by atoms with Gasteiger partial charge in [0.25, 0.3) is 0 Å². The average molecular weight is 198 g/mol. The summed E-state index contributed by atoms with van der Waals surface area (Å²) in [5.41, 5.74) is 6.47. The molecular formula is C8H8ClN3O. The third-order valence-corrected chi connectivity index (χ3v) is 1.70. The van der Waals surface area contributed by atoms with Crippen molar-refractivity contribution >= 4 is 23.8 Å². The second kappa shape index (κ2) is 3.45. The fourth-order valence-electron chi connectivity index (χ4n) is 1.07. The fourth-order valence-corrected chi connectivity index (χ4v) is 1.07. The molecule has 2 rings (SSSR count). The summed E-state index contributed by atoms with van der Waals surface area (Å²) in [5.74, 6) is -0.418. The highest BCUT2D eigenvalue weighted by atomic mass is 35.5. The molecule has 1 amide bonds. The minimum absolute atomic E-state index is 0. The van der Waals surface area contributed by atoms with Crippen LogP contribution in [0.4, 0.5) is 0 Å². The molecule has 68 valence electrons. The number of aromatic nitrogens is 2. The Morgan fingerprint density at radius 3 is 3.00 bits per heavy atom. The lowest BCUT2D eigenvalue weighted by Crippen LogP contribution is -2.10. The molecule has 0 radical (unpaired) electrons. The molecule has 0 fully saturated rings. The first kappa shape index (κ1) is 9.54. The van der Waals surface area contributed by atoms with Gasteiger partial charge in [0.05, 0.1) is 18.0 Å². The van der Waals surface area contributed by atoms with Crippen molar-refractivity contribution in [3.8, 4) is 0 Å². The van der Waals surface area contributed by atoms with E-state index in [1.807, 2.05) is 4.40 Å². The molecule has 13 heavy (non-hydrogen) atoms. The minimum atomic E-state index is -0.418. The van der Waals surface area contributed by atoms with Crippen molar-refractivity contribution in [3.05, 3.63) is 36.4 Å². The predicted octanol–water partition coefficient (Wildman–Crippen LogP) is 0.855. The molecular weight excluding hydrogens is 190 g/mol. The first-order chi connectivity index (χ1) is 5.77. The maximum Gasteiger partial charge on any atom is 0.248 e. The number of carbonyl (C=O) groups is 1. The van der Waals surface area contributed by atoms with E-state index in [2.05, 4.69) is 4.98 Å². The molecule has 0 aliphatic rings. The lowest BCUT2D eigenvalue weighted by Gasteiger charge is -1.95. The SMILES string of the molecule is Cl.NC(=O)c1ccn2cncc2c1. The Balaban J connectivity index is 0.000000845. The summed E-state index contributed by atoms with van der Waals surface area (Å²) in [4.78, 5) is 14.7. The lowest BCUT2D eigenvalue weighted by atomic mass is 10.2. The number of nitrogens with zero attached hydrogens (tertiary/aromatic N) is 2. The van der Waals surface area contributed by atoms with E-state index in [1.54, 1.807) is 30.9 Å². The number of rotatable bonds is 1. The average Bonchev–Trinajstić information content (AvgIpc) is 2.49. The predicted molar refractivity (Wildman–Crippen MR) is 51.0 cm³/mol. The zero-order valence-electron chi connectivity index (χ0n) is 6.68. The Morgan fingerprint density at radius 2 is 2.31 bits per heavy atom. The highest BCUT2D eigenvalue weighted by Gasteiger charge is 2.00. The second-order valence-electron chi connectivity index (χ2n) is 2.51. The van der Waals surface area contributed by atoms with Crippen LogP contribution in [0.3, 0.4) is 0 Å². The molecule has 5 heteroatoms. The van der Waals surface area contributed by atoms with Crippen LogP contribution in [0.25, 0.3) is 5.52 Å². The summed E-state index contributed by atoms with van der Waals surface area (Å²) in [6.07, 6.45) is 5.09. The zero-order chi connectivity index (χ0) is 8.55. The van der Waals surface area contributed by atoms with Gasteiger partial charge in [-0.3, -0.25) is 4.79 Å². The molecule has 4 nitrogen and oxygen atoms in total. The Bertz CT molecular complexity index is 438. The number of pyridine rings is 1. The Kier molecular flexibility index (Phi) is 2.53. The largest absolute Gasteiger partial charge is 0.366 e. The number of halogens is 1. The van der Waals surface area contributed by atoms with E-state index in [1.165, 1.54) is 0 Å². The standard InChI is InChI=1S/C8H7N3O.ClH/c9-8(12)6-1-2-11-5-10-4-7(11)3-6;/h1-5H,(H2,9,12);1H. The monoisotopic (exact) mass is 197 g/mol. The van der Waals surface area contributed by atoms with Crippen LogP contribution >= 0.6 is 12.4 Å². The Labute approximate surface area is 80.8 Å². The van der Waals surface area contributed by atoms with E-state index in [0.29, 0.717) is 5.56 Å². The van der Waals surface area contributed by atoms with Crippen LogP contribution in [0.1, 0.15) is 10.4 Å². The third kappa shape index (κ3) is 1.62. The molecule has 0 atom stereocenters. The van der Waals surface area contributed by atoms with Gasteiger partial charge in [-0.2, -0.15) is 0 Å². The van der Waals surface area contributed by atoms with Gasteiger partial charge in [0.2, 0.25) is 5.91 Å². The molecule has 0 saturated heterocycles. The molecule has 0 aliphatic heterocycles. The molecule has 0 saturated carbocycles. The number of amides is 1. The summed E-state index contributed by atoms with van der Waals surface area (Å²) >= 11 is 0. The van der Waals surface area contributed by atoms with E-state index in [-0.39, 0.29) is 12.4 Å². The van der Waals surface area contributed by atoms with Crippen LogP contribution in [0.15, 0.2) is 30.9 Å². The van der Waals surface area contributed by atoms with Crippen molar-refractivity contribution in [2.75, 3.05) is 0 Å². The topological polar surface area (TPSA) is 60.4 Å². The van der Waals surface area contributed by atoms with Crippen LogP contribution in [0.2, 0.25) is 0 Å². The van der Waals surface area contributed by atoms with E-state index < -0.39 is 5.91 Å². The van der Waals surface area contributed by atoms with Crippen molar-refractivity contribution in [3.63, 3.8) is 0 Å². The summed E-state index contributed by atoms with van der Waals surface area (Å²) in [6.45, 7) is 0. The number of fused-ring (bicyclic) bond motifs is 1. The molecule has 0 aliphatic carbocycles. The molecule has 0 unspecified atom stereocenters. The molecule has 2 aromatic rings. The molecule has 2 N–H and O–H groups in total. The van der Waals surface area contributed by atoms with Crippen LogP contribution in [0.5, 0.6) is 0 Å². The third-order valence-electron chi connectivity index (χ3n) is 1.70. The van der Waals surface area contributed by atoms with Gasteiger partial charge in [-0.25, -0.2) is 4.98 Å². The molecule has 2 heterocycles.